The maximum absolute atomic E-state index is 9.79. The summed E-state index contributed by atoms with van der Waals surface area (Å²) >= 11 is 1.53. The van der Waals surface area contributed by atoms with Gasteiger partial charge in [0.1, 0.15) is 5.75 Å². The van der Waals surface area contributed by atoms with Crippen molar-refractivity contribution < 1.29 is 4.74 Å². The summed E-state index contributed by atoms with van der Waals surface area (Å²) in [4.78, 5) is 12.5. The van der Waals surface area contributed by atoms with Crippen molar-refractivity contribution in [2.24, 2.45) is 0 Å². The van der Waals surface area contributed by atoms with Crippen molar-refractivity contribution >= 4 is 23.3 Å². The van der Waals surface area contributed by atoms with E-state index in [1.807, 2.05) is 36.7 Å². The first-order valence-corrected chi connectivity index (χ1v) is 10.8. The third kappa shape index (κ3) is 3.96. The minimum absolute atomic E-state index is 0.331. The van der Waals surface area contributed by atoms with E-state index in [0.717, 1.165) is 40.4 Å². The molecule has 29 heavy (non-hydrogen) atoms. The number of allylic oxidation sites excluding steroid dienone is 1. The number of methoxy groups -OCH3 is 1. The lowest BCUT2D eigenvalue weighted by Gasteiger charge is -2.43. The first-order valence-electron chi connectivity index (χ1n) is 9.94. The first-order chi connectivity index (χ1) is 14.1. The van der Waals surface area contributed by atoms with Gasteiger partial charge in [-0.15, -0.1) is 0 Å². The van der Waals surface area contributed by atoms with E-state index in [0.29, 0.717) is 17.9 Å². The molecule has 1 N–H and O–H groups in total. The highest BCUT2D eigenvalue weighted by Gasteiger charge is 2.35. The second-order valence-electron chi connectivity index (χ2n) is 7.66. The van der Waals surface area contributed by atoms with Gasteiger partial charge >= 0.3 is 0 Å². The molecule has 2 aromatic rings. The normalized spacial score (nSPS) is 18.7. The van der Waals surface area contributed by atoms with Gasteiger partial charge in [-0.3, -0.25) is 4.72 Å². The zero-order valence-corrected chi connectivity index (χ0v) is 17.7. The molecule has 0 amide bonds. The zero-order valence-electron chi connectivity index (χ0n) is 16.9. The quantitative estimate of drug-likeness (QED) is 0.706. The summed E-state index contributed by atoms with van der Waals surface area (Å²) in [5, 5.41) is 9.79. The number of benzene rings is 1. The van der Waals surface area contributed by atoms with Crippen molar-refractivity contribution in [2.45, 2.75) is 56.0 Å². The van der Waals surface area contributed by atoms with Crippen molar-refractivity contribution in [2.75, 3.05) is 12.0 Å². The van der Waals surface area contributed by atoms with Crippen LogP contribution < -0.4 is 14.4 Å². The summed E-state index contributed by atoms with van der Waals surface area (Å²) in [6.45, 7) is 4.19. The number of rotatable bonds is 6. The molecule has 7 heteroatoms. The van der Waals surface area contributed by atoms with Gasteiger partial charge in [-0.2, -0.15) is 5.26 Å². The minimum atomic E-state index is -0.331. The van der Waals surface area contributed by atoms with E-state index in [1.165, 1.54) is 18.4 Å². The average molecular weight is 408 g/mol. The van der Waals surface area contributed by atoms with Crippen LogP contribution in [0.1, 0.15) is 50.4 Å². The van der Waals surface area contributed by atoms with Crippen molar-refractivity contribution in [3.05, 3.63) is 48.1 Å². The van der Waals surface area contributed by atoms with Crippen LogP contribution in [0.15, 0.2) is 41.6 Å². The largest absolute Gasteiger partial charge is 0.497 e. The molecule has 1 aromatic carbocycles. The van der Waals surface area contributed by atoms with E-state index in [2.05, 4.69) is 39.5 Å². The lowest BCUT2D eigenvalue weighted by molar-refractivity contribution is 0.405. The third-order valence-corrected chi connectivity index (χ3v) is 6.30. The van der Waals surface area contributed by atoms with Gasteiger partial charge in [0.25, 0.3) is 0 Å². The van der Waals surface area contributed by atoms with Crippen LogP contribution in [0.2, 0.25) is 0 Å². The molecule has 1 saturated carbocycles. The fraction of sp³-hybridized carbons (Fsp3) is 0.409. The molecule has 0 radical (unpaired) electrons. The van der Waals surface area contributed by atoms with Gasteiger partial charge in [-0.25, -0.2) is 9.97 Å². The molecule has 0 saturated heterocycles. The highest BCUT2D eigenvalue weighted by atomic mass is 32.2. The summed E-state index contributed by atoms with van der Waals surface area (Å²) in [6.07, 6.45) is 9.14. The molecule has 6 nitrogen and oxygen atoms in total. The van der Waals surface area contributed by atoms with Crippen LogP contribution in [-0.4, -0.2) is 29.2 Å². The molecule has 1 atom stereocenters. The number of ether oxygens (including phenoxy) is 1. The van der Waals surface area contributed by atoms with E-state index in [-0.39, 0.29) is 5.92 Å². The van der Waals surface area contributed by atoms with Crippen LogP contribution in [0.25, 0.3) is 5.70 Å². The summed E-state index contributed by atoms with van der Waals surface area (Å²) in [5.74, 6) is 1.11. The molecule has 1 unspecified atom stereocenters. The molecule has 0 bridgehead atoms. The number of nitriles is 1. The number of nitrogens with one attached hydrogen (secondary N) is 1. The molecule has 1 aliphatic carbocycles. The van der Waals surface area contributed by atoms with Crippen molar-refractivity contribution in [3.8, 4) is 11.8 Å². The Bertz CT molecular complexity index is 947. The molecule has 1 aromatic heterocycles. The van der Waals surface area contributed by atoms with Crippen LogP contribution in [0.4, 0.5) is 5.69 Å². The zero-order chi connectivity index (χ0) is 20.4. The Morgan fingerprint density at radius 1 is 1.28 bits per heavy atom. The maximum atomic E-state index is 9.79. The highest BCUT2D eigenvalue weighted by molar-refractivity contribution is 7.97. The molecular formula is C22H25N5OS. The number of aromatic nitrogens is 2. The Morgan fingerprint density at radius 3 is 2.62 bits per heavy atom. The Labute approximate surface area is 176 Å². The van der Waals surface area contributed by atoms with E-state index < -0.39 is 0 Å². The molecule has 150 valence electrons. The smallest absolute Gasteiger partial charge is 0.175 e. The Kier molecular flexibility index (Phi) is 5.74. The molecular weight excluding hydrogens is 382 g/mol. The topological polar surface area (TPSA) is 74.1 Å². The van der Waals surface area contributed by atoms with Crippen LogP contribution in [0.5, 0.6) is 5.75 Å². The summed E-state index contributed by atoms with van der Waals surface area (Å²) in [6, 6.07) is 9.14. The number of hydrogen-bond donors (Lipinski definition) is 1. The van der Waals surface area contributed by atoms with E-state index in [1.54, 1.807) is 7.11 Å². The Morgan fingerprint density at radius 2 is 2.03 bits per heavy atom. The SMILES string of the molecule is COc1ccc2c(c1)N(C1CCC1)C(c1ncc(SNC(C)C)cn1)=CC2C#N. The van der Waals surface area contributed by atoms with Gasteiger partial charge in [-0.05, 0) is 62.8 Å². The van der Waals surface area contributed by atoms with Crippen LogP contribution in [0, 0.1) is 11.3 Å². The standard InChI is InChI=1S/C22H25N5OS/c1-14(2)26-29-18-12-24-22(25-13-18)21-9-15(11-23)19-8-7-17(28-3)10-20(19)27(21)16-5-4-6-16/h7-10,12-16,26H,4-6H2,1-3H3. The predicted octanol–water partition coefficient (Wildman–Crippen LogP) is 4.51. The first kappa shape index (κ1) is 19.7. The maximum Gasteiger partial charge on any atom is 0.175 e. The summed E-state index contributed by atoms with van der Waals surface area (Å²) < 4.78 is 8.76. The lowest BCUT2D eigenvalue weighted by atomic mass is 9.85. The van der Waals surface area contributed by atoms with E-state index in [9.17, 15) is 5.26 Å². The van der Waals surface area contributed by atoms with Gasteiger partial charge < -0.3 is 9.64 Å². The van der Waals surface area contributed by atoms with Gasteiger partial charge in [-0.1, -0.05) is 6.07 Å². The summed E-state index contributed by atoms with van der Waals surface area (Å²) in [7, 11) is 1.67. The number of nitrogens with zero attached hydrogens (tertiary/aromatic N) is 4. The van der Waals surface area contributed by atoms with E-state index >= 15 is 0 Å². The van der Waals surface area contributed by atoms with Crippen molar-refractivity contribution in [1.29, 1.82) is 5.26 Å². The number of hydrogen-bond acceptors (Lipinski definition) is 7. The second kappa shape index (κ2) is 8.44. The molecule has 0 spiro atoms. The van der Waals surface area contributed by atoms with Gasteiger partial charge in [0.2, 0.25) is 0 Å². The second-order valence-corrected chi connectivity index (χ2v) is 8.57. The van der Waals surface area contributed by atoms with Crippen molar-refractivity contribution in [1.82, 2.24) is 14.7 Å². The monoisotopic (exact) mass is 407 g/mol. The summed E-state index contributed by atoms with van der Waals surface area (Å²) in [5.41, 5.74) is 2.95. The minimum Gasteiger partial charge on any atom is -0.497 e. The van der Waals surface area contributed by atoms with E-state index in [4.69, 9.17) is 4.74 Å². The molecule has 4 rings (SSSR count). The van der Waals surface area contributed by atoms with Crippen LogP contribution >= 0.6 is 11.9 Å². The van der Waals surface area contributed by atoms with Gasteiger partial charge in [0, 0.05) is 30.5 Å². The van der Waals surface area contributed by atoms with Crippen molar-refractivity contribution in [3.63, 3.8) is 0 Å². The Balaban J connectivity index is 1.72. The highest BCUT2D eigenvalue weighted by Crippen LogP contribution is 2.45. The Hall–Kier alpha value is -2.56. The molecule has 2 aliphatic rings. The number of fused-ring (bicyclic) bond motifs is 1. The predicted molar refractivity (Wildman–Crippen MR) is 116 cm³/mol. The fourth-order valence-corrected chi connectivity index (χ4v) is 4.18. The van der Waals surface area contributed by atoms with Crippen LogP contribution in [0.3, 0.4) is 0 Å². The van der Waals surface area contributed by atoms with Gasteiger partial charge in [0.15, 0.2) is 5.82 Å². The van der Waals surface area contributed by atoms with Crippen LogP contribution in [-0.2, 0) is 0 Å². The number of anilines is 1. The molecule has 2 heterocycles. The molecule has 1 aliphatic heterocycles. The third-order valence-electron chi connectivity index (χ3n) is 5.26. The average Bonchev–Trinajstić information content (AvgIpc) is 2.71. The lowest BCUT2D eigenvalue weighted by Crippen LogP contribution is -2.41. The fourth-order valence-electron chi connectivity index (χ4n) is 3.59. The molecule has 1 fully saturated rings. The van der Waals surface area contributed by atoms with Gasteiger partial charge in [0.05, 0.1) is 35.4 Å².